The fourth-order valence-corrected chi connectivity index (χ4v) is 2.77. The highest BCUT2D eigenvalue weighted by molar-refractivity contribution is 8.04. The third-order valence-corrected chi connectivity index (χ3v) is 3.02. The minimum Gasteiger partial charge on any atom is -0.137 e. The van der Waals surface area contributed by atoms with E-state index in [1.54, 1.807) is 11.3 Å². The summed E-state index contributed by atoms with van der Waals surface area (Å²) in [5.41, 5.74) is 0. The van der Waals surface area contributed by atoms with Gasteiger partial charge in [-0.2, -0.15) is 0 Å². The fraction of sp³-hybridized carbons (Fsp3) is 0.200. The molecule has 0 unspecified atom stereocenters. The molecular formula is C5H4Cl2S2. The van der Waals surface area contributed by atoms with Crippen LogP contribution in [0.1, 0.15) is 0 Å². The summed E-state index contributed by atoms with van der Waals surface area (Å²) in [4.78, 5) is 0. The Morgan fingerprint density at radius 1 is 1.56 bits per heavy atom. The molecule has 0 aliphatic carbocycles. The lowest BCUT2D eigenvalue weighted by atomic mass is 10.7. The van der Waals surface area contributed by atoms with Crippen LogP contribution in [0, 0.1) is 0 Å². The van der Waals surface area contributed by atoms with Gasteiger partial charge < -0.3 is 0 Å². The zero-order chi connectivity index (χ0) is 6.69. The largest absolute Gasteiger partial charge is 0.158 e. The van der Waals surface area contributed by atoms with Crippen LogP contribution in [0.4, 0.5) is 0 Å². The molecule has 1 aromatic heterocycles. The molecule has 0 radical (unpaired) electrons. The van der Waals surface area contributed by atoms with Gasteiger partial charge in [0.05, 0.1) is 4.21 Å². The van der Waals surface area contributed by atoms with E-state index in [0.29, 0.717) is 0 Å². The minimum atomic E-state index is -0.344. The summed E-state index contributed by atoms with van der Waals surface area (Å²) >= 11 is 14.1. The van der Waals surface area contributed by atoms with Crippen LogP contribution in [0.5, 0.6) is 0 Å². The first-order chi connectivity index (χ1) is 4.29. The fourth-order valence-electron chi connectivity index (χ4n) is 0.418. The highest BCUT2D eigenvalue weighted by Gasteiger charge is 2.00. The molecule has 0 nitrogen and oxygen atoms in total. The van der Waals surface area contributed by atoms with Crippen molar-refractivity contribution in [1.29, 1.82) is 0 Å². The predicted molar refractivity (Wildman–Crippen MR) is 45.7 cm³/mol. The van der Waals surface area contributed by atoms with E-state index in [0.717, 1.165) is 4.21 Å². The molecule has 0 aromatic carbocycles. The van der Waals surface area contributed by atoms with E-state index in [1.165, 1.54) is 11.8 Å². The van der Waals surface area contributed by atoms with Crippen molar-refractivity contribution in [3.8, 4) is 0 Å². The van der Waals surface area contributed by atoms with Crippen LogP contribution in [0.15, 0.2) is 21.7 Å². The molecule has 0 atom stereocenters. The van der Waals surface area contributed by atoms with E-state index in [2.05, 4.69) is 0 Å². The normalized spacial score (nSPS) is 10.6. The van der Waals surface area contributed by atoms with Crippen LogP contribution in [-0.2, 0) is 0 Å². The lowest BCUT2D eigenvalue weighted by Crippen LogP contribution is -1.71. The van der Waals surface area contributed by atoms with Crippen LogP contribution in [0.3, 0.4) is 0 Å². The van der Waals surface area contributed by atoms with Gasteiger partial charge in [-0.3, -0.25) is 0 Å². The van der Waals surface area contributed by atoms with Gasteiger partial charge in [-0.25, -0.2) is 0 Å². The van der Waals surface area contributed by atoms with Crippen LogP contribution < -0.4 is 0 Å². The number of alkyl halides is 2. The number of halogens is 2. The van der Waals surface area contributed by atoms with E-state index in [-0.39, 0.29) is 4.17 Å². The second kappa shape index (κ2) is 3.71. The van der Waals surface area contributed by atoms with Crippen molar-refractivity contribution in [1.82, 2.24) is 0 Å². The number of rotatable bonds is 2. The van der Waals surface area contributed by atoms with Gasteiger partial charge in [0, 0.05) is 0 Å². The summed E-state index contributed by atoms with van der Waals surface area (Å²) in [5, 5.41) is 2.00. The Hall–Kier alpha value is 0.630. The van der Waals surface area contributed by atoms with Crippen molar-refractivity contribution in [3.63, 3.8) is 0 Å². The molecular weight excluding hydrogens is 195 g/mol. The second-order valence-corrected chi connectivity index (χ2v) is 5.28. The van der Waals surface area contributed by atoms with Gasteiger partial charge >= 0.3 is 0 Å². The van der Waals surface area contributed by atoms with Crippen molar-refractivity contribution in [3.05, 3.63) is 17.5 Å². The van der Waals surface area contributed by atoms with Gasteiger partial charge in [0.25, 0.3) is 0 Å². The van der Waals surface area contributed by atoms with Crippen molar-refractivity contribution in [2.75, 3.05) is 0 Å². The molecule has 1 heterocycles. The molecule has 0 saturated heterocycles. The molecule has 0 aliphatic heterocycles. The first-order valence-corrected chi connectivity index (χ1v) is 4.90. The highest BCUT2D eigenvalue weighted by Crippen LogP contribution is 2.31. The Morgan fingerprint density at radius 2 is 2.33 bits per heavy atom. The predicted octanol–water partition coefficient (Wildman–Crippen LogP) is 3.60. The van der Waals surface area contributed by atoms with Gasteiger partial charge in [-0.15, -0.1) is 11.3 Å². The Balaban J connectivity index is 2.48. The monoisotopic (exact) mass is 198 g/mol. The quantitative estimate of drug-likeness (QED) is 0.518. The van der Waals surface area contributed by atoms with E-state index in [9.17, 15) is 0 Å². The van der Waals surface area contributed by atoms with E-state index < -0.39 is 0 Å². The lowest BCUT2D eigenvalue weighted by Gasteiger charge is -1.93. The zero-order valence-corrected chi connectivity index (χ0v) is 7.53. The summed E-state index contributed by atoms with van der Waals surface area (Å²) in [6.07, 6.45) is 0. The van der Waals surface area contributed by atoms with Gasteiger partial charge in [0.15, 0.2) is 4.17 Å². The van der Waals surface area contributed by atoms with Gasteiger partial charge in [0.2, 0.25) is 0 Å². The maximum Gasteiger partial charge on any atom is 0.158 e. The number of thioether (sulfide) groups is 1. The molecule has 0 spiro atoms. The molecule has 0 bridgehead atoms. The lowest BCUT2D eigenvalue weighted by molar-refractivity contribution is 1.72. The molecule has 4 heteroatoms. The molecule has 50 valence electrons. The molecule has 9 heavy (non-hydrogen) atoms. The Bertz CT molecular complexity index is 159. The second-order valence-electron chi connectivity index (χ2n) is 1.31. The average molecular weight is 199 g/mol. The number of hydrogen-bond acceptors (Lipinski definition) is 2. The smallest absolute Gasteiger partial charge is 0.137 e. The average Bonchev–Trinajstić information content (AvgIpc) is 2.15. The number of thiophene rings is 1. The van der Waals surface area contributed by atoms with Gasteiger partial charge in [-0.05, 0) is 11.4 Å². The summed E-state index contributed by atoms with van der Waals surface area (Å²) < 4.78 is 0.814. The SMILES string of the molecule is ClC(Cl)Sc1cccs1. The van der Waals surface area contributed by atoms with Gasteiger partial charge in [-0.1, -0.05) is 41.0 Å². The van der Waals surface area contributed by atoms with E-state index >= 15 is 0 Å². The standard InChI is InChI=1S/C5H4Cl2S2/c6-5(7)9-4-2-1-3-8-4/h1-3,5H. The van der Waals surface area contributed by atoms with Crippen LogP contribution in [0.2, 0.25) is 0 Å². The minimum absolute atomic E-state index is 0.344. The Morgan fingerprint density at radius 3 is 2.78 bits per heavy atom. The third-order valence-electron chi connectivity index (χ3n) is 0.700. The van der Waals surface area contributed by atoms with Crippen molar-refractivity contribution in [2.45, 2.75) is 8.38 Å². The summed E-state index contributed by atoms with van der Waals surface area (Å²) in [6.45, 7) is 0. The number of hydrogen-bond donors (Lipinski definition) is 0. The molecule has 0 amide bonds. The van der Waals surface area contributed by atoms with Crippen LogP contribution >= 0.6 is 46.3 Å². The first kappa shape index (κ1) is 7.73. The molecule has 0 fully saturated rings. The maximum absolute atomic E-state index is 5.50. The molecule has 0 aliphatic rings. The molecule has 1 aromatic rings. The van der Waals surface area contributed by atoms with Crippen molar-refractivity contribution in [2.24, 2.45) is 0 Å². The van der Waals surface area contributed by atoms with Crippen molar-refractivity contribution < 1.29 is 0 Å². The zero-order valence-electron chi connectivity index (χ0n) is 4.38. The van der Waals surface area contributed by atoms with Crippen LogP contribution in [-0.4, -0.2) is 4.17 Å². The van der Waals surface area contributed by atoms with E-state index in [4.69, 9.17) is 23.2 Å². The Kier molecular flexibility index (Phi) is 3.19. The Labute approximate surface area is 72.2 Å². The molecule has 0 N–H and O–H groups in total. The summed E-state index contributed by atoms with van der Waals surface area (Å²) in [7, 11) is 0. The molecule has 0 saturated carbocycles. The summed E-state index contributed by atoms with van der Waals surface area (Å²) in [6, 6.07) is 3.97. The topological polar surface area (TPSA) is 0 Å². The maximum atomic E-state index is 5.50. The third kappa shape index (κ3) is 2.80. The van der Waals surface area contributed by atoms with Gasteiger partial charge in [0.1, 0.15) is 0 Å². The van der Waals surface area contributed by atoms with Crippen LogP contribution in [0.25, 0.3) is 0 Å². The van der Waals surface area contributed by atoms with Crippen molar-refractivity contribution >= 4 is 46.3 Å². The van der Waals surface area contributed by atoms with E-state index in [1.807, 2.05) is 17.5 Å². The molecule has 1 rings (SSSR count). The summed E-state index contributed by atoms with van der Waals surface area (Å²) in [5.74, 6) is 0. The first-order valence-electron chi connectivity index (χ1n) is 2.27. The highest BCUT2D eigenvalue weighted by atomic mass is 35.5.